The summed E-state index contributed by atoms with van der Waals surface area (Å²) in [4.78, 5) is 24.7. The van der Waals surface area contributed by atoms with E-state index in [0.717, 1.165) is 16.8 Å². The lowest BCUT2D eigenvalue weighted by Gasteiger charge is -2.26. The van der Waals surface area contributed by atoms with E-state index in [4.69, 9.17) is 21.4 Å². The summed E-state index contributed by atoms with van der Waals surface area (Å²) in [5.41, 5.74) is -3.68. The number of aliphatic hydroxyl groups is 3. The minimum atomic E-state index is -2.20. The molecule has 1 fully saturated rings. The number of halogens is 1. The van der Waals surface area contributed by atoms with Crippen molar-refractivity contribution >= 4 is 11.6 Å². The molecule has 4 N–H and O–H groups in total. The molecule has 108 valence electrons. The number of hydrogen-bond acceptors (Lipinski definition) is 6. The maximum Gasteiger partial charge on any atom is 0.330 e. The summed E-state index contributed by atoms with van der Waals surface area (Å²) < 4.78 is 6.08. The number of aromatic nitrogens is 2. The van der Waals surface area contributed by atoms with Crippen LogP contribution in [0.3, 0.4) is 0 Å². The fourth-order valence-corrected chi connectivity index (χ4v) is 2.17. The summed E-state index contributed by atoms with van der Waals surface area (Å²) in [5.74, 6) is 2.16. The minimum Gasteiger partial charge on any atom is -0.394 e. The number of nitrogens with zero attached hydrogens (tertiary/aromatic N) is 1. The summed E-state index contributed by atoms with van der Waals surface area (Å²) in [6, 6.07) is 1.04. The summed E-state index contributed by atoms with van der Waals surface area (Å²) >= 11 is 5.25. The highest BCUT2D eigenvalue weighted by atomic mass is 35.5. The van der Waals surface area contributed by atoms with Gasteiger partial charge in [-0.05, 0) is 17.5 Å². The van der Waals surface area contributed by atoms with E-state index >= 15 is 0 Å². The number of nitrogens with one attached hydrogen (secondary N) is 1. The van der Waals surface area contributed by atoms with Gasteiger partial charge >= 0.3 is 5.69 Å². The predicted molar refractivity (Wildman–Crippen MR) is 66.9 cm³/mol. The van der Waals surface area contributed by atoms with Crippen LogP contribution < -0.4 is 11.2 Å². The first-order valence-electron chi connectivity index (χ1n) is 5.55. The molecule has 0 bridgehead atoms. The van der Waals surface area contributed by atoms with Crippen LogP contribution in [0.1, 0.15) is 6.23 Å². The van der Waals surface area contributed by atoms with Crippen LogP contribution >= 0.6 is 11.6 Å². The van der Waals surface area contributed by atoms with E-state index in [9.17, 15) is 19.8 Å². The number of aromatic amines is 1. The molecule has 2 rings (SSSR count). The molecule has 1 aromatic rings. The molecule has 9 heteroatoms. The SMILES string of the molecule is O=c1ccn([C@@H]2O[C@H](CO)C(O)C2(O)C#CCl)c(=O)[nH]1. The third-order valence-corrected chi connectivity index (χ3v) is 3.11. The van der Waals surface area contributed by atoms with E-state index in [1.165, 1.54) is 0 Å². The average Bonchev–Trinajstić information content (AvgIpc) is 2.63. The van der Waals surface area contributed by atoms with Crippen LogP contribution in [-0.2, 0) is 4.74 Å². The molecule has 1 aliphatic heterocycles. The molecule has 4 atom stereocenters. The van der Waals surface area contributed by atoms with Crippen LogP contribution in [0.5, 0.6) is 0 Å². The van der Waals surface area contributed by atoms with Gasteiger partial charge in [-0.3, -0.25) is 14.3 Å². The monoisotopic (exact) mass is 302 g/mol. The van der Waals surface area contributed by atoms with E-state index in [1.807, 2.05) is 10.4 Å². The van der Waals surface area contributed by atoms with Gasteiger partial charge in [-0.15, -0.1) is 0 Å². The largest absolute Gasteiger partial charge is 0.394 e. The maximum absolute atomic E-state index is 11.7. The number of H-pyrrole nitrogens is 1. The van der Waals surface area contributed by atoms with E-state index in [1.54, 1.807) is 0 Å². The van der Waals surface area contributed by atoms with Crippen LogP contribution in [0.15, 0.2) is 21.9 Å². The van der Waals surface area contributed by atoms with E-state index in [2.05, 4.69) is 5.92 Å². The van der Waals surface area contributed by atoms with Gasteiger partial charge in [-0.25, -0.2) is 4.79 Å². The van der Waals surface area contributed by atoms with Crippen LogP contribution in [0, 0.1) is 11.3 Å². The number of rotatable bonds is 2. The van der Waals surface area contributed by atoms with Crippen molar-refractivity contribution in [3.8, 4) is 11.3 Å². The minimum absolute atomic E-state index is 0.595. The topological polar surface area (TPSA) is 125 Å². The number of ether oxygens (including phenoxy) is 1. The molecule has 1 aromatic heterocycles. The van der Waals surface area contributed by atoms with E-state index in [0.29, 0.717) is 0 Å². The zero-order chi connectivity index (χ0) is 14.9. The second kappa shape index (κ2) is 5.40. The number of hydrogen-bond donors (Lipinski definition) is 4. The zero-order valence-corrected chi connectivity index (χ0v) is 10.7. The fourth-order valence-electron chi connectivity index (χ4n) is 2.02. The molecule has 0 radical (unpaired) electrons. The zero-order valence-electron chi connectivity index (χ0n) is 9.99. The molecular weight excluding hydrogens is 292 g/mol. The quantitative estimate of drug-likeness (QED) is 0.456. The second-order valence-electron chi connectivity index (χ2n) is 4.22. The highest BCUT2D eigenvalue weighted by molar-refractivity contribution is 6.30. The first-order valence-corrected chi connectivity index (χ1v) is 5.93. The summed E-state index contributed by atoms with van der Waals surface area (Å²) in [7, 11) is 0. The standard InChI is InChI=1S/C11H11ClN2O6/c12-3-2-11(19)8(17)6(5-15)20-9(11)14-4-1-7(16)13-10(14)18/h1,4,6,8-9,15,17,19H,5H2,(H,13,16,18)/t6-,8?,9-,11?/m1/s1. The van der Waals surface area contributed by atoms with Crippen LogP contribution in [0.2, 0.25) is 0 Å². The Morgan fingerprint density at radius 3 is 2.80 bits per heavy atom. The maximum atomic E-state index is 11.7. The summed E-state index contributed by atoms with van der Waals surface area (Å²) in [6.45, 7) is -0.595. The molecular formula is C11H11ClN2O6. The van der Waals surface area contributed by atoms with Gasteiger partial charge in [-0.1, -0.05) is 0 Å². The van der Waals surface area contributed by atoms with Crippen LogP contribution in [-0.4, -0.2) is 49.3 Å². The normalized spacial score (nSPS) is 32.7. The van der Waals surface area contributed by atoms with Gasteiger partial charge in [0.05, 0.1) is 6.61 Å². The van der Waals surface area contributed by atoms with Gasteiger partial charge in [0, 0.05) is 17.6 Å². The first kappa shape index (κ1) is 14.8. The van der Waals surface area contributed by atoms with E-state index in [-0.39, 0.29) is 0 Å². The molecule has 0 saturated carbocycles. The molecule has 1 aliphatic rings. The molecule has 8 nitrogen and oxygen atoms in total. The lowest BCUT2D eigenvalue weighted by Crippen LogP contribution is -2.48. The Labute approximate surface area is 117 Å². The van der Waals surface area contributed by atoms with Crippen molar-refractivity contribution in [2.24, 2.45) is 0 Å². The Balaban J connectivity index is 2.55. The lowest BCUT2D eigenvalue weighted by molar-refractivity contribution is -0.0765. The molecule has 0 aromatic carbocycles. The molecule has 2 heterocycles. The Morgan fingerprint density at radius 1 is 1.55 bits per heavy atom. The second-order valence-corrected chi connectivity index (χ2v) is 4.41. The Kier molecular flexibility index (Phi) is 3.99. The first-order chi connectivity index (χ1) is 9.43. The van der Waals surface area contributed by atoms with Gasteiger partial charge in [0.15, 0.2) is 6.23 Å². The van der Waals surface area contributed by atoms with Crippen molar-refractivity contribution in [1.29, 1.82) is 0 Å². The highest BCUT2D eigenvalue weighted by Gasteiger charge is 2.55. The van der Waals surface area contributed by atoms with Crippen molar-refractivity contribution in [1.82, 2.24) is 9.55 Å². The third-order valence-electron chi connectivity index (χ3n) is 3.01. The fraction of sp³-hybridized carbons (Fsp3) is 0.455. The Hall–Kier alpha value is -1.63. The summed E-state index contributed by atoms with van der Waals surface area (Å²) in [5, 5.41) is 31.3. The van der Waals surface area contributed by atoms with E-state index < -0.39 is 41.9 Å². The Morgan fingerprint density at radius 2 is 2.25 bits per heavy atom. The van der Waals surface area contributed by atoms with Crippen LogP contribution in [0.4, 0.5) is 0 Å². The molecule has 0 aliphatic carbocycles. The van der Waals surface area contributed by atoms with Crippen molar-refractivity contribution in [2.45, 2.75) is 24.0 Å². The number of aliphatic hydroxyl groups excluding tert-OH is 2. The summed E-state index contributed by atoms with van der Waals surface area (Å²) in [6.07, 6.45) is -3.08. The highest BCUT2D eigenvalue weighted by Crippen LogP contribution is 2.37. The Bertz CT molecular complexity index is 674. The van der Waals surface area contributed by atoms with Gasteiger partial charge in [0.25, 0.3) is 5.56 Å². The van der Waals surface area contributed by atoms with Gasteiger partial charge < -0.3 is 20.1 Å². The van der Waals surface area contributed by atoms with Gasteiger partial charge in [-0.2, -0.15) is 0 Å². The molecule has 0 spiro atoms. The van der Waals surface area contributed by atoms with Crippen molar-refractivity contribution < 1.29 is 20.1 Å². The lowest BCUT2D eigenvalue weighted by atomic mass is 9.95. The van der Waals surface area contributed by atoms with Gasteiger partial charge in [0.2, 0.25) is 5.60 Å². The smallest absolute Gasteiger partial charge is 0.330 e. The van der Waals surface area contributed by atoms with Crippen LogP contribution in [0.25, 0.3) is 0 Å². The molecule has 0 amide bonds. The van der Waals surface area contributed by atoms with Crippen molar-refractivity contribution in [2.75, 3.05) is 6.61 Å². The predicted octanol–water partition coefficient (Wildman–Crippen LogP) is -2.28. The molecule has 1 saturated heterocycles. The van der Waals surface area contributed by atoms with Crippen molar-refractivity contribution in [3.63, 3.8) is 0 Å². The molecule has 20 heavy (non-hydrogen) atoms. The average molecular weight is 303 g/mol. The van der Waals surface area contributed by atoms with Crippen molar-refractivity contribution in [3.05, 3.63) is 33.1 Å². The third kappa shape index (κ3) is 2.26. The van der Waals surface area contributed by atoms with Gasteiger partial charge in [0.1, 0.15) is 12.2 Å². The molecule has 2 unspecified atom stereocenters.